The molecule has 0 radical (unpaired) electrons. The van der Waals surface area contributed by atoms with Crippen molar-refractivity contribution in [1.82, 2.24) is 0 Å². The van der Waals surface area contributed by atoms with Crippen LogP contribution in [0.2, 0.25) is 0 Å². The van der Waals surface area contributed by atoms with E-state index in [1.165, 1.54) is 0 Å². The van der Waals surface area contributed by atoms with Gasteiger partial charge in [0.05, 0.1) is 14.2 Å². The zero-order valence-corrected chi connectivity index (χ0v) is 11.1. The lowest BCUT2D eigenvalue weighted by Gasteiger charge is -2.13. The van der Waals surface area contributed by atoms with Gasteiger partial charge in [0.2, 0.25) is 0 Å². The minimum Gasteiger partial charge on any atom is -0.496 e. The highest BCUT2D eigenvalue weighted by molar-refractivity contribution is 9.10. The zero-order chi connectivity index (χ0) is 11.7. The van der Waals surface area contributed by atoms with Crippen LogP contribution < -0.4 is 9.47 Å². The number of benzene rings is 2. The number of halogens is 1. The minimum absolute atomic E-state index is 0.870. The molecule has 0 aliphatic heterocycles. The molecule has 16 heavy (non-hydrogen) atoms. The summed E-state index contributed by atoms with van der Waals surface area (Å²) < 4.78 is 11.8. The Hall–Kier alpha value is -1.22. The van der Waals surface area contributed by atoms with E-state index < -0.39 is 0 Å². The second-order valence-corrected chi connectivity index (χ2v) is 4.53. The number of ether oxygens (including phenoxy) is 2. The first-order valence-corrected chi connectivity index (χ1v) is 5.77. The van der Waals surface area contributed by atoms with E-state index in [1.54, 1.807) is 14.2 Å². The highest BCUT2D eigenvalue weighted by Crippen LogP contribution is 2.37. The van der Waals surface area contributed by atoms with Crippen molar-refractivity contribution >= 4 is 26.7 Å². The fraction of sp³-hybridized carbons (Fsp3) is 0.231. The molecular formula is C13H13BrO2. The highest BCUT2D eigenvalue weighted by atomic mass is 79.9. The van der Waals surface area contributed by atoms with Crippen LogP contribution in [0.4, 0.5) is 0 Å². The van der Waals surface area contributed by atoms with Crippen molar-refractivity contribution in [3.8, 4) is 11.5 Å². The molecule has 2 nitrogen and oxygen atoms in total. The monoisotopic (exact) mass is 280 g/mol. The molecular weight excluding hydrogens is 268 g/mol. The molecule has 0 aliphatic carbocycles. The molecule has 0 bridgehead atoms. The van der Waals surface area contributed by atoms with E-state index in [-0.39, 0.29) is 0 Å². The predicted octanol–water partition coefficient (Wildman–Crippen LogP) is 3.93. The summed E-state index contributed by atoms with van der Waals surface area (Å²) in [6.07, 6.45) is 0. The summed E-state index contributed by atoms with van der Waals surface area (Å²) in [7, 11) is 3.37. The van der Waals surface area contributed by atoms with Crippen molar-refractivity contribution in [3.63, 3.8) is 0 Å². The molecule has 0 aromatic heterocycles. The second kappa shape index (κ2) is 4.34. The maximum atomic E-state index is 5.43. The van der Waals surface area contributed by atoms with Crippen LogP contribution in [0, 0.1) is 6.92 Å². The first-order valence-electron chi connectivity index (χ1n) is 4.98. The van der Waals surface area contributed by atoms with Crippen LogP contribution in [0.5, 0.6) is 11.5 Å². The van der Waals surface area contributed by atoms with Gasteiger partial charge in [0.15, 0.2) is 0 Å². The average molecular weight is 281 g/mol. The molecule has 0 saturated heterocycles. The zero-order valence-electron chi connectivity index (χ0n) is 9.50. The first-order chi connectivity index (χ1) is 7.67. The Balaban J connectivity index is 2.87. The summed E-state index contributed by atoms with van der Waals surface area (Å²) in [5, 5.41) is 2.13. The second-order valence-electron chi connectivity index (χ2n) is 3.62. The van der Waals surface area contributed by atoms with Gasteiger partial charge in [0.25, 0.3) is 0 Å². The van der Waals surface area contributed by atoms with Crippen LogP contribution in [0.3, 0.4) is 0 Å². The third kappa shape index (κ3) is 1.76. The number of rotatable bonds is 2. The number of methoxy groups -OCH3 is 2. The largest absolute Gasteiger partial charge is 0.496 e. The lowest BCUT2D eigenvalue weighted by molar-refractivity contribution is 0.408. The third-order valence-corrected chi connectivity index (χ3v) is 3.11. The molecule has 0 fully saturated rings. The Morgan fingerprint density at radius 2 is 1.75 bits per heavy atom. The van der Waals surface area contributed by atoms with Gasteiger partial charge in [-0.1, -0.05) is 15.9 Å². The number of aryl methyl sites for hydroxylation is 1. The third-order valence-electron chi connectivity index (χ3n) is 2.62. The summed E-state index contributed by atoms with van der Waals surface area (Å²) in [5.41, 5.74) is 1.08. The smallest absolute Gasteiger partial charge is 0.129 e. The lowest BCUT2D eigenvalue weighted by atomic mass is 10.0. The van der Waals surface area contributed by atoms with Crippen molar-refractivity contribution in [2.24, 2.45) is 0 Å². The molecule has 3 heteroatoms. The normalized spacial score (nSPS) is 10.5. The molecule has 0 unspecified atom stereocenters. The standard InChI is InChI=1S/C13H13BrO2/c1-8-6-12(15-2)11-7-9(14)4-5-10(11)13(8)16-3/h4-7H,1-3H3. The molecule has 0 atom stereocenters. The molecule has 0 N–H and O–H groups in total. The van der Waals surface area contributed by atoms with E-state index >= 15 is 0 Å². The molecule has 0 aliphatic rings. The van der Waals surface area contributed by atoms with E-state index in [2.05, 4.69) is 15.9 Å². The SMILES string of the molecule is COc1cc(C)c(OC)c2ccc(Br)cc12. The maximum Gasteiger partial charge on any atom is 0.129 e. The van der Waals surface area contributed by atoms with Crippen molar-refractivity contribution in [2.45, 2.75) is 6.92 Å². The van der Waals surface area contributed by atoms with Crippen molar-refractivity contribution < 1.29 is 9.47 Å². The van der Waals surface area contributed by atoms with Gasteiger partial charge in [-0.2, -0.15) is 0 Å². The Morgan fingerprint density at radius 1 is 1.00 bits per heavy atom. The summed E-state index contributed by atoms with van der Waals surface area (Å²) in [5.74, 6) is 1.78. The molecule has 0 spiro atoms. The van der Waals surface area contributed by atoms with Gasteiger partial charge in [0.1, 0.15) is 11.5 Å². The number of fused-ring (bicyclic) bond motifs is 1. The summed E-state index contributed by atoms with van der Waals surface area (Å²) in [6.45, 7) is 2.02. The molecule has 2 aromatic carbocycles. The van der Waals surface area contributed by atoms with E-state index in [1.807, 2.05) is 31.2 Å². The van der Waals surface area contributed by atoms with Gasteiger partial charge in [-0.25, -0.2) is 0 Å². The average Bonchev–Trinajstić information content (AvgIpc) is 2.28. The van der Waals surface area contributed by atoms with E-state index in [4.69, 9.17) is 9.47 Å². The van der Waals surface area contributed by atoms with E-state index in [0.29, 0.717) is 0 Å². The van der Waals surface area contributed by atoms with Crippen molar-refractivity contribution in [1.29, 1.82) is 0 Å². The molecule has 2 aromatic rings. The van der Waals surface area contributed by atoms with Crippen molar-refractivity contribution in [3.05, 3.63) is 34.3 Å². The Morgan fingerprint density at radius 3 is 2.38 bits per heavy atom. The Labute approximate surface area is 103 Å². The quantitative estimate of drug-likeness (QED) is 0.830. The van der Waals surface area contributed by atoms with Crippen LogP contribution in [-0.4, -0.2) is 14.2 Å². The number of hydrogen-bond acceptors (Lipinski definition) is 2. The summed E-state index contributed by atoms with van der Waals surface area (Å²) in [4.78, 5) is 0. The minimum atomic E-state index is 0.870. The predicted molar refractivity (Wildman–Crippen MR) is 69.5 cm³/mol. The summed E-state index contributed by atoms with van der Waals surface area (Å²) in [6, 6.07) is 8.07. The Kier molecular flexibility index (Phi) is 3.06. The first kappa shape index (κ1) is 11.3. The van der Waals surface area contributed by atoms with Gasteiger partial charge in [-0.15, -0.1) is 0 Å². The highest BCUT2D eigenvalue weighted by Gasteiger charge is 2.10. The van der Waals surface area contributed by atoms with Gasteiger partial charge in [-0.05, 0) is 36.8 Å². The van der Waals surface area contributed by atoms with Crippen LogP contribution in [0.1, 0.15) is 5.56 Å². The molecule has 0 saturated carbocycles. The lowest BCUT2D eigenvalue weighted by Crippen LogP contribution is -1.92. The fourth-order valence-corrected chi connectivity index (χ4v) is 2.27. The fourth-order valence-electron chi connectivity index (χ4n) is 1.91. The Bertz CT molecular complexity index is 535. The summed E-state index contributed by atoms with van der Waals surface area (Å²) >= 11 is 3.46. The van der Waals surface area contributed by atoms with Crippen LogP contribution in [0.15, 0.2) is 28.7 Å². The maximum absolute atomic E-state index is 5.43. The van der Waals surface area contributed by atoms with Gasteiger partial charge < -0.3 is 9.47 Å². The van der Waals surface area contributed by atoms with Gasteiger partial charge >= 0.3 is 0 Å². The molecule has 0 heterocycles. The molecule has 0 amide bonds. The van der Waals surface area contributed by atoms with Crippen LogP contribution in [-0.2, 0) is 0 Å². The van der Waals surface area contributed by atoms with Crippen LogP contribution >= 0.6 is 15.9 Å². The van der Waals surface area contributed by atoms with Crippen LogP contribution in [0.25, 0.3) is 10.8 Å². The van der Waals surface area contributed by atoms with Crippen molar-refractivity contribution in [2.75, 3.05) is 14.2 Å². The molecule has 84 valence electrons. The van der Waals surface area contributed by atoms with E-state index in [9.17, 15) is 0 Å². The number of hydrogen-bond donors (Lipinski definition) is 0. The molecule has 2 rings (SSSR count). The van der Waals surface area contributed by atoms with E-state index in [0.717, 1.165) is 32.3 Å². The van der Waals surface area contributed by atoms with Gasteiger partial charge in [-0.3, -0.25) is 0 Å². The van der Waals surface area contributed by atoms with Gasteiger partial charge in [0, 0.05) is 15.2 Å². The topological polar surface area (TPSA) is 18.5 Å².